The van der Waals surface area contributed by atoms with E-state index in [0.717, 1.165) is 17.3 Å². The minimum Gasteiger partial charge on any atom is -0.271 e. The summed E-state index contributed by atoms with van der Waals surface area (Å²) in [6, 6.07) is 13.1. The lowest BCUT2D eigenvalue weighted by Gasteiger charge is -2.31. The number of hydrazine groups is 1. The maximum Gasteiger partial charge on any atom is 0.0329 e. The quantitative estimate of drug-likeness (QED) is 0.549. The molecule has 21 heavy (non-hydrogen) atoms. The van der Waals surface area contributed by atoms with Crippen molar-refractivity contribution >= 4 is 27.3 Å². The molecule has 114 valence electrons. The molecular weight excluding hydrogens is 344 g/mol. The molecule has 4 heteroatoms. The molecule has 0 amide bonds. The van der Waals surface area contributed by atoms with Gasteiger partial charge in [0.1, 0.15) is 0 Å². The van der Waals surface area contributed by atoms with Crippen LogP contribution in [0.25, 0.3) is 0 Å². The van der Waals surface area contributed by atoms with Gasteiger partial charge in [-0.25, -0.2) is 0 Å². The van der Waals surface area contributed by atoms with Crippen molar-refractivity contribution in [2.24, 2.45) is 11.8 Å². The fraction of sp³-hybridized carbons (Fsp3) is 0.412. The van der Waals surface area contributed by atoms with Crippen molar-refractivity contribution in [1.29, 1.82) is 0 Å². The first-order chi connectivity index (χ1) is 10.2. The van der Waals surface area contributed by atoms with Gasteiger partial charge >= 0.3 is 0 Å². The van der Waals surface area contributed by atoms with E-state index < -0.39 is 0 Å². The highest BCUT2D eigenvalue weighted by atomic mass is 79.9. The number of hydrogen-bond acceptors (Lipinski definition) is 3. The van der Waals surface area contributed by atoms with Gasteiger partial charge in [0.15, 0.2) is 0 Å². The molecule has 2 aromatic rings. The van der Waals surface area contributed by atoms with Gasteiger partial charge in [-0.2, -0.15) is 0 Å². The Hall–Kier alpha value is -0.680. The van der Waals surface area contributed by atoms with Gasteiger partial charge in [-0.1, -0.05) is 50.6 Å². The molecule has 0 aliphatic carbocycles. The second-order valence-corrected chi connectivity index (χ2v) is 7.44. The molecule has 0 fully saturated rings. The molecule has 1 heterocycles. The SMILES string of the molecule is CCC(C)C(c1ccccc1)C(Cc1cc(Br)cs1)NN. The standard InChI is InChI=1S/C17H23BrN2S/c1-3-12(2)17(13-7-5-4-6-8-13)16(20-19)10-15-9-14(18)11-21-15/h4-9,11-12,16-17,20H,3,10,19H2,1-2H3. The van der Waals surface area contributed by atoms with E-state index >= 15 is 0 Å². The normalized spacial score (nSPS) is 15.6. The van der Waals surface area contributed by atoms with Crippen LogP contribution in [0.2, 0.25) is 0 Å². The Labute approximate surface area is 139 Å². The second-order valence-electron chi connectivity index (χ2n) is 5.53. The van der Waals surface area contributed by atoms with Crippen LogP contribution in [0.3, 0.4) is 0 Å². The third-order valence-corrected chi connectivity index (χ3v) is 5.85. The third kappa shape index (κ3) is 4.39. The summed E-state index contributed by atoms with van der Waals surface area (Å²) in [5, 5.41) is 2.13. The Morgan fingerprint density at radius 3 is 2.52 bits per heavy atom. The highest BCUT2D eigenvalue weighted by Crippen LogP contribution is 2.33. The van der Waals surface area contributed by atoms with Crippen LogP contribution in [0, 0.1) is 5.92 Å². The topological polar surface area (TPSA) is 38.0 Å². The minimum atomic E-state index is 0.243. The highest BCUT2D eigenvalue weighted by molar-refractivity contribution is 9.10. The zero-order valence-corrected chi connectivity index (χ0v) is 15.0. The maximum atomic E-state index is 5.90. The number of nitrogens with one attached hydrogen (secondary N) is 1. The fourth-order valence-corrected chi connectivity index (χ4v) is 4.36. The molecule has 0 saturated heterocycles. The highest BCUT2D eigenvalue weighted by Gasteiger charge is 2.27. The fourth-order valence-electron chi connectivity index (χ4n) is 2.85. The van der Waals surface area contributed by atoms with Crippen LogP contribution in [0.1, 0.15) is 36.6 Å². The molecule has 3 unspecified atom stereocenters. The van der Waals surface area contributed by atoms with Crippen LogP contribution >= 0.6 is 27.3 Å². The summed E-state index contributed by atoms with van der Waals surface area (Å²) < 4.78 is 1.15. The van der Waals surface area contributed by atoms with Gasteiger partial charge in [-0.05, 0) is 39.9 Å². The first kappa shape index (κ1) is 16.7. The molecule has 1 aromatic carbocycles. The zero-order valence-electron chi connectivity index (χ0n) is 12.6. The summed E-state index contributed by atoms with van der Waals surface area (Å²) in [5.74, 6) is 6.90. The van der Waals surface area contributed by atoms with Gasteiger partial charge < -0.3 is 0 Å². The van der Waals surface area contributed by atoms with E-state index in [2.05, 4.69) is 77.0 Å². The Morgan fingerprint density at radius 2 is 2.00 bits per heavy atom. The summed E-state index contributed by atoms with van der Waals surface area (Å²) in [7, 11) is 0. The summed E-state index contributed by atoms with van der Waals surface area (Å²) in [4.78, 5) is 1.36. The van der Waals surface area contributed by atoms with Crippen molar-refractivity contribution in [3.63, 3.8) is 0 Å². The predicted octanol–water partition coefficient (Wildman–Crippen LogP) is 4.71. The van der Waals surface area contributed by atoms with Crippen LogP contribution < -0.4 is 11.3 Å². The molecule has 2 rings (SSSR count). The number of benzene rings is 1. The number of hydrogen-bond donors (Lipinski definition) is 2. The first-order valence-corrected chi connectivity index (χ1v) is 9.07. The molecule has 1 aromatic heterocycles. The second kappa shape index (κ2) is 8.08. The molecule has 0 bridgehead atoms. The van der Waals surface area contributed by atoms with Crippen molar-refractivity contribution in [3.05, 3.63) is 56.7 Å². The van der Waals surface area contributed by atoms with Gasteiger partial charge in [0.25, 0.3) is 0 Å². The molecular formula is C17H23BrN2S. The molecule has 0 aliphatic rings. The predicted molar refractivity (Wildman–Crippen MR) is 95.5 cm³/mol. The van der Waals surface area contributed by atoms with Gasteiger partial charge in [0.05, 0.1) is 0 Å². The zero-order chi connectivity index (χ0) is 15.2. The van der Waals surface area contributed by atoms with Crippen molar-refractivity contribution in [2.45, 2.75) is 38.6 Å². The summed E-state index contributed by atoms with van der Waals surface area (Å²) >= 11 is 5.31. The average Bonchev–Trinajstić information content (AvgIpc) is 2.92. The van der Waals surface area contributed by atoms with Gasteiger partial charge in [-0.15, -0.1) is 11.3 Å². The molecule has 2 nitrogen and oxygen atoms in total. The number of nitrogens with two attached hydrogens (primary N) is 1. The molecule has 3 N–H and O–H groups in total. The Bertz CT molecular complexity index is 541. The maximum absolute atomic E-state index is 5.90. The van der Waals surface area contributed by atoms with Crippen molar-refractivity contribution < 1.29 is 0 Å². The average molecular weight is 367 g/mol. The number of thiophene rings is 1. The lowest BCUT2D eigenvalue weighted by atomic mass is 9.79. The van der Waals surface area contributed by atoms with Gasteiger partial charge in [0.2, 0.25) is 0 Å². The number of rotatable bonds is 7. The van der Waals surface area contributed by atoms with E-state index in [1.54, 1.807) is 11.3 Å². The van der Waals surface area contributed by atoms with Gasteiger partial charge in [-0.3, -0.25) is 11.3 Å². The third-order valence-electron chi connectivity index (χ3n) is 4.13. The molecule has 0 radical (unpaired) electrons. The summed E-state index contributed by atoms with van der Waals surface area (Å²) in [6.45, 7) is 4.56. The van der Waals surface area contributed by atoms with E-state index in [4.69, 9.17) is 5.84 Å². The van der Waals surface area contributed by atoms with Crippen molar-refractivity contribution in [2.75, 3.05) is 0 Å². The molecule has 3 atom stereocenters. The van der Waals surface area contributed by atoms with Crippen LogP contribution in [-0.2, 0) is 6.42 Å². The van der Waals surface area contributed by atoms with E-state index in [1.165, 1.54) is 10.4 Å². The van der Waals surface area contributed by atoms with Crippen LogP contribution in [-0.4, -0.2) is 6.04 Å². The van der Waals surface area contributed by atoms with Crippen molar-refractivity contribution in [3.8, 4) is 0 Å². The smallest absolute Gasteiger partial charge is 0.0329 e. The molecule has 0 saturated carbocycles. The molecule has 0 spiro atoms. The summed E-state index contributed by atoms with van der Waals surface area (Å²) in [6.07, 6.45) is 2.10. The Kier molecular flexibility index (Phi) is 6.42. The summed E-state index contributed by atoms with van der Waals surface area (Å²) in [5.41, 5.74) is 4.43. The Morgan fingerprint density at radius 1 is 1.29 bits per heavy atom. The van der Waals surface area contributed by atoms with Crippen LogP contribution in [0.5, 0.6) is 0 Å². The monoisotopic (exact) mass is 366 g/mol. The number of halogens is 1. The van der Waals surface area contributed by atoms with E-state index in [1.807, 2.05) is 0 Å². The lowest BCUT2D eigenvalue weighted by molar-refractivity contribution is 0.336. The van der Waals surface area contributed by atoms with Crippen LogP contribution in [0.4, 0.5) is 0 Å². The lowest BCUT2D eigenvalue weighted by Crippen LogP contribution is -2.43. The van der Waals surface area contributed by atoms with E-state index in [-0.39, 0.29) is 6.04 Å². The van der Waals surface area contributed by atoms with E-state index in [9.17, 15) is 0 Å². The Balaban J connectivity index is 2.24. The van der Waals surface area contributed by atoms with Gasteiger partial charge in [0, 0.05) is 26.7 Å². The van der Waals surface area contributed by atoms with Crippen molar-refractivity contribution in [1.82, 2.24) is 5.43 Å². The minimum absolute atomic E-state index is 0.243. The molecule has 0 aliphatic heterocycles. The van der Waals surface area contributed by atoms with Crippen LogP contribution in [0.15, 0.2) is 46.3 Å². The largest absolute Gasteiger partial charge is 0.271 e. The first-order valence-electron chi connectivity index (χ1n) is 7.39. The van der Waals surface area contributed by atoms with E-state index in [0.29, 0.717) is 11.8 Å².